The van der Waals surface area contributed by atoms with Crippen LogP contribution in [0.4, 0.5) is 5.69 Å². The summed E-state index contributed by atoms with van der Waals surface area (Å²) in [6, 6.07) is 19.5. The fourth-order valence-electron chi connectivity index (χ4n) is 6.37. The van der Waals surface area contributed by atoms with Crippen molar-refractivity contribution < 1.29 is 24.2 Å². The molecule has 8 nitrogen and oxygen atoms in total. The number of nitrogens with zero attached hydrogens (tertiary/aromatic N) is 1. The number of aromatic amines is 1. The number of carbonyl (C=O) groups excluding carboxylic acids is 2. The van der Waals surface area contributed by atoms with E-state index >= 15 is 0 Å². The SMILES string of the molecule is CCc1ccc(N2C(=O)C3C(c4cc(Br)ccc4OC)NC(Cc4c[nH]c5ccccc45)(C(=O)O)C3C2=O)cc1. The summed E-state index contributed by atoms with van der Waals surface area (Å²) >= 11 is 3.50. The molecule has 204 valence electrons. The molecule has 9 heteroatoms. The van der Waals surface area contributed by atoms with Crippen molar-refractivity contribution in [1.82, 2.24) is 10.3 Å². The van der Waals surface area contributed by atoms with E-state index in [1.165, 1.54) is 12.0 Å². The number of H-pyrrole nitrogens is 1. The molecule has 0 aliphatic carbocycles. The molecule has 2 fully saturated rings. The van der Waals surface area contributed by atoms with Crippen LogP contribution in [0.1, 0.15) is 29.7 Å². The van der Waals surface area contributed by atoms with Crippen LogP contribution < -0.4 is 15.0 Å². The lowest BCUT2D eigenvalue weighted by Gasteiger charge is -2.31. The minimum atomic E-state index is -1.75. The van der Waals surface area contributed by atoms with Gasteiger partial charge < -0.3 is 14.8 Å². The molecule has 4 aromatic rings. The first-order valence-corrected chi connectivity index (χ1v) is 13.9. The number of aliphatic carboxylic acids is 1. The van der Waals surface area contributed by atoms with E-state index in [2.05, 4.69) is 26.2 Å². The molecule has 1 aromatic heterocycles. The van der Waals surface area contributed by atoms with Crippen LogP contribution in [0, 0.1) is 11.8 Å². The minimum Gasteiger partial charge on any atom is -0.496 e. The maximum absolute atomic E-state index is 14.2. The van der Waals surface area contributed by atoms with E-state index in [4.69, 9.17) is 4.74 Å². The van der Waals surface area contributed by atoms with Crippen LogP contribution in [0.5, 0.6) is 5.75 Å². The number of aryl methyl sites for hydroxylation is 1. The largest absolute Gasteiger partial charge is 0.496 e. The van der Waals surface area contributed by atoms with Gasteiger partial charge in [-0.15, -0.1) is 0 Å². The van der Waals surface area contributed by atoms with Gasteiger partial charge in [-0.05, 0) is 53.9 Å². The molecule has 0 radical (unpaired) electrons. The number of methoxy groups -OCH3 is 1. The molecular weight excluding hydrogens is 574 g/mol. The number of rotatable bonds is 7. The maximum Gasteiger partial charge on any atom is 0.325 e. The predicted molar refractivity (Wildman–Crippen MR) is 154 cm³/mol. The second kappa shape index (κ2) is 9.91. The Hall–Kier alpha value is -3.95. The highest BCUT2D eigenvalue weighted by atomic mass is 79.9. The Morgan fingerprint density at radius 3 is 2.52 bits per heavy atom. The molecule has 0 saturated carbocycles. The smallest absolute Gasteiger partial charge is 0.325 e. The molecule has 6 rings (SSSR count). The molecule has 2 aliphatic rings. The first-order chi connectivity index (χ1) is 19.3. The molecule has 3 N–H and O–H groups in total. The zero-order chi connectivity index (χ0) is 28.2. The number of aromatic nitrogens is 1. The number of carbonyl (C=O) groups is 3. The van der Waals surface area contributed by atoms with Crippen molar-refractivity contribution in [2.75, 3.05) is 12.0 Å². The summed E-state index contributed by atoms with van der Waals surface area (Å²) in [5.74, 6) is -3.74. The van der Waals surface area contributed by atoms with Crippen LogP contribution >= 0.6 is 15.9 Å². The standard InChI is InChI=1S/C31H28BrN3O5/c1-3-17-8-11-20(12-9-17)35-28(36)25-26(29(35)37)31(30(38)39,15-18-16-33-23-7-5-4-6-21(18)23)34-27(25)22-14-19(32)10-13-24(22)40-2/h4-14,16,25-27,33-34H,3,15H2,1-2H3,(H,38,39). The fourth-order valence-corrected chi connectivity index (χ4v) is 6.75. The summed E-state index contributed by atoms with van der Waals surface area (Å²) in [4.78, 5) is 46.1. The lowest BCUT2D eigenvalue weighted by atomic mass is 9.76. The number of fused-ring (bicyclic) bond motifs is 2. The predicted octanol–water partition coefficient (Wildman–Crippen LogP) is 5.02. The third-order valence-electron chi connectivity index (χ3n) is 8.31. The van der Waals surface area contributed by atoms with Crippen molar-refractivity contribution >= 4 is 50.3 Å². The molecule has 2 amide bonds. The van der Waals surface area contributed by atoms with E-state index in [0.717, 1.165) is 32.9 Å². The number of hydrogen-bond donors (Lipinski definition) is 3. The number of anilines is 1. The van der Waals surface area contributed by atoms with Gasteiger partial charge in [0.15, 0.2) is 0 Å². The highest BCUT2D eigenvalue weighted by Crippen LogP contribution is 2.52. The summed E-state index contributed by atoms with van der Waals surface area (Å²) < 4.78 is 6.37. The fraction of sp³-hybridized carbons (Fsp3) is 0.258. The Morgan fingerprint density at radius 2 is 1.82 bits per heavy atom. The summed E-state index contributed by atoms with van der Waals surface area (Å²) in [5, 5.41) is 15.0. The summed E-state index contributed by atoms with van der Waals surface area (Å²) in [5.41, 5.74) is 1.98. The molecule has 0 bridgehead atoms. The number of ether oxygens (including phenoxy) is 1. The van der Waals surface area contributed by atoms with Crippen LogP contribution in [0.3, 0.4) is 0 Å². The summed E-state index contributed by atoms with van der Waals surface area (Å²) in [6.45, 7) is 2.03. The zero-order valence-corrected chi connectivity index (χ0v) is 23.6. The van der Waals surface area contributed by atoms with Gasteiger partial charge in [0.2, 0.25) is 11.8 Å². The number of nitrogens with one attached hydrogen (secondary N) is 2. The molecule has 4 atom stereocenters. The Kier molecular flexibility index (Phi) is 6.51. The number of carboxylic acids is 1. The minimum absolute atomic E-state index is 0.00195. The van der Waals surface area contributed by atoms with Crippen molar-refractivity contribution in [2.24, 2.45) is 11.8 Å². The molecule has 0 spiro atoms. The molecule has 4 unspecified atom stereocenters. The van der Waals surface area contributed by atoms with E-state index in [0.29, 0.717) is 17.0 Å². The number of para-hydroxylation sites is 1. The van der Waals surface area contributed by atoms with Gasteiger partial charge in [-0.2, -0.15) is 0 Å². The third kappa shape index (κ3) is 3.95. The molecule has 2 aliphatic heterocycles. The Balaban J connectivity index is 1.53. The topological polar surface area (TPSA) is 112 Å². The van der Waals surface area contributed by atoms with E-state index in [1.807, 2.05) is 55.5 Å². The lowest BCUT2D eigenvalue weighted by Crippen LogP contribution is -2.57. The first-order valence-electron chi connectivity index (χ1n) is 13.2. The number of carboxylic acid groups (broad SMARTS) is 1. The van der Waals surface area contributed by atoms with Gasteiger partial charge >= 0.3 is 5.97 Å². The molecule has 3 heterocycles. The van der Waals surface area contributed by atoms with Crippen LogP contribution in [0.25, 0.3) is 10.9 Å². The first kappa shape index (κ1) is 26.3. The summed E-state index contributed by atoms with van der Waals surface area (Å²) in [6.07, 6.45) is 2.60. The number of halogens is 1. The summed E-state index contributed by atoms with van der Waals surface area (Å²) in [7, 11) is 1.53. The van der Waals surface area contributed by atoms with Crippen LogP contribution in [0.2, 0.25) is 0 Å². The Labute approximate surface area is 239 Å². The normalized spacial score (nSPS) is 24.1. The van der Waals surface area contributed by atoms with Crippen molar-refractivity contribution in [3.63, 3.8) is 0 Å². The number of hydrogen-bond acceptors (Lipinski definition) is 5. The average molecular weight is 602 g/mol. The van der Waals surface area contributed by atoms with Gasteiger partial charge in [-0.25, -0.2) is 4.90 Å². The van der Waals surface area contributed by atoms with E-state index in [9.17, 15) is 19.5 Å². The number of imide groups is 1. The van der Waals surface area contributed by atoms with Crippen molar-refractivity contribution in [2.45, 2.75) is 31.3 Å². The second-order valence-electron chi connectivity index (χ2n) is 10.4. The Morgan fingerprint density at radius 1 is 1.07 bits per heavy atom. The van der Waals surface area contributed by atoms with Gasteiger partial charge in [0.05, 0.1) is 24.6 Å². The van der Waals surface area contributed by atoms with Gasteiger partial charge in [-0.1, -0.05) is 53.2 Å². The van der Waals surface area contributed by atoms with Crippen LogP contribution in [0.15, 0.2) is 77.4 Å². The third-order valence-corrected chi connectivity index (χ3v) is 8.80. The Bertz CT molecular complexity index is 1650. The van der Waals surface area contributed by atoms with Gasteiger partial charge in [-0.3, -0.25) is 19.7 Å². The van der Waals surface area contributed by atoms with Gasteiger partial charge in [0, 0.05) is 39.6 Å². The quantitative estimate of drug-likeness (QED) is 0.257. The van der Waals surface area contributed by atoms with E-state index in [-0.39, 0.29) is 6.42 Å². The lowest BCUT2D eigenvalue weighted by molar-refractivity contribution is -0.148. The van der Waals surface area contributed by atoms with Crippen molar-refractivity contribution in [1.29, 1.82) is 0 Å². The molecule has 2 saturated heterocycles. The monoisotopic (exact) mass is 601 g/mol. The highest BCUT2D eigenvalue weighted by Gasteiger charge is 2.69. The molecular formula is C31H28BrN3O5. The van der Waals surface area contributed by atoms with E-state index < -0.39 is 41.2 Å². The number of benzene rings is 3. The van der Waals surface area contributed by atoms with Gasteiger partial charge in [0.1, 0.15) is 11.3 Å². The molecule has 3 aromatic carbocycles. The number of amides is 2. The van der Waals surface area contributed by atoms with Crippen LogP contribution in [-0.2, 0) is 27.2 Å². The second-order valence-corrected chi connectivity index (χ2v) is 11.3. The van der Waals surface area contributed by atoms with E-state index in [1.54, 1.807) is 24.4 Å². The molecule has 40 heavy (non-hydrogen) atoms. The van der Waals surface area contributed by atoms with Gasteiger partial charge in [0.25, 0.3) is 0 Å². The average Bonchev–Trinajstić information content (AvgIpc) is 3.61. The zero-order valence-electron chi connectivity index (χ0n) is 22.0. The van der Waals surface area contributed by atoms with Crippen LogP contribution in [-0.4, -0.2) is 40.5 Å². The van der Waals surface area contributed by atoms with Crippen molar-refractivity contribution in [3.8, 4) is 5.75 Å². The van der Waals surface area contributed by atoms with Crippen molar-refractivity contribution in [3.05, 3.63) is 94.1 Å². The highest BCUT2D eigenvalue weighted by molar-refractivity contribution is 9.10. The maximum atomic E-state index is 14.2.